The lowest BCUT2D eigenvalue weighted by Crippen LogP contribution is -2.52. The predicted octanol–water partition coefficient (Wildman–Crippen LogP) is 5.92. The third kappa shape index (κ3) is 7.43. The van der Waals surface area contributed by atoms with Crippen LogP contribution in [-0.2, 0) is 16.1 Å². The Bertz CT molecular complexity index is 1380. The molecule has 1 aliphatic carbocycles. The van der Waals surface area contributed by atoms with Gasteiger partial charge in [-0.2, -0.15) is 5.10 Å². The molecule has 0 spiro atoms. The molecule has 1 saturated heterocycles. The number of carbonyl (C=O) groups is 2. The third-order valence-electron chi connectivity index (χ3n) is 7.61. The quantitative estimate of drug-likeness (QED) is 0.309. The molecule has 2 amide bonds. The van der Waals surface area contributed by atoms with Gasteiger partial charge < -0.3 is 24.6 Å². The smallest absolute Gasteiger partial charge is 0.350 e. The Morgan fingerprint density at radius 3 is 2.57 bits per heavy atom. The number of carbonyl (C=O) groups excluding carboxylic acids is 2. The number of H-pyrrole nitrogens is 1. The van der Waals surface area contributed by atoms with Gasteiger partial charge in [-0.15, -0.1) is 0 Å². The summed E-state index contributed by atoms with van der Waals surface area (Å²) in [4.78, 5) is 30.6. The van der Waals surface area contributed by atoms with E-state index < -0.39 is 17.2 Å². The molecule has 9 nitrogen and oxygen atoms in total. The molecule has 2 aromatic carbocycles. The van der Waals surface area contributed by atoms with Gasteiger partial charge in [0.05, 0.1) is 6.20 Å². The van der Waals surface area contributed by atoms with Gasteiger partial charge in [0.15, 0.2) is 5.60 Å². The van der Waals surface area contributed by atoms with Crippen LogP contribution >= 0.6 is 0 Å². The minimum Gasteiger partial charge on any atom is -0.476 e. The molecule has 2 fully saturated rings. The molecule has 9 heteroatoms. The number of amides is 2. The van der Waals surface area contributed by atoms with E-state index in [9.17, 15) is 9.59 Å². The van der Waals surface area contributed by atoms with Crippen LogP contribution in [0.2, 0.25) is 0 Å². The number of aromatic nitrogens is 2. The van der Waals surface area contributed by atoms with Gasteiger partial charge in [-0.25, -0.2) is 9.59 Å². The Kier molecular flexibility index (Phi) is 8.48. The number of rotatable bonds is 9. The zero-order chi connectivity index (χ0) is 29.9. The van der Waals surface area contributed by atoms with Crippen LogP contribution in [0.25, 0.3) is 11.1 Å². The summed E-state index contributed by atoms with van der Waals surface area (Å²) in [6.45, 7) is 11.1. The fraction of sp³-hybridized carbons (Fsp3) is 0.485. The van der Waals surface area contributed by atoms with Gasteiger partial charge in [-0.1, -0.05) is 30.3 Å². The second-order valence-corrected chi connectivity index (χ2v) is 12.8. The zero-order valence-corrected chi connectivity index (χ0v) is 25.4. The van der Waals surface area contributed by atoms with Crippen molar-refractivity contribution in [2.75, 3.05) is 18.0 Å². The summed E-state index contributed by atoms with van der Waals surface area (Å²) >= 11 is 0. The van der Waals surface area contributed by atoms with Crippen molar-refractivity contribution in [1.82, 2.24) is 20.4 Å². The zero-order valence-electron chi connectivity index (χ0n) is 25.4. The van der Waals surface area contributed by atoms with Crippen LogP contribution in [0.4, 0.5) is 10.5 Å². The van der Waals surface area contributed by atoms with Gasteiger partial charge in [-0.3, -0.25) is 5.10 Å². The first-order chi connectivity index (χ1) is 20.0. The molecule has 1 atom stereocenters. The Morgan fingerprint density at radius 2 is 1.86 bits per heavy atom. The highest BCUT2D eigenvalue weighted by molar-refractivity contribution is 5.79. The van der Waals surface area contributed by atoms with E-state index in [-0.39, 0.29) is 18.1 Å². The van der Waals surface area contributed by atoms with Crippen LogP contribution in [0, 0.1) is 0 Å². The first kappa shape index (κ1) is 29.5. The molecule has 224 valence electrons. The molecule has 0 unspecified atom stereocenters. The predicted molar refractivity (Wildman–Crippen MR) is 163 cm³/mol. The number of ether oxygens (including phenoxy) is 2. The maximum absolute atomic E-state index is 13.6. The van der Waals surface area contributed by atoms with Gasteiger partial charge in [-0.05, 0) is 83.6 Å². The molecule has 42 heavy (non-hydrogen) atoms. The molecular weight excluding hydrogens is 530 g/mol. The molecule has 2 N–H and O–H groups in total. The maximum atomic E-state index is 13.6. The van der Waals surface area contributed by atoms with Gasteiger partial charge >= 0.3 is 12.0 Å². The van der Waals surface area contributed by atoms with Crippen LogP contribution in [0.1, 0.15) is 65.9 Å². The van der Waals surface area contributed by atoms with Crippen molar-refractivity contribution in [2.45, 2.75) is 90.1 Å². The van der Waals surface area contributed by atoms with Crippen LogP contribution < -0.4 is 15.0 Å². The fourth-order valence-corrected chi connectivity index (χ4v) is 5.34. The molecule has 5 rings (SSSR count). The number of esters is 1. The van der Waals surface area contributed by atoms with Gasteiger partial charge in [0.25, 0.3) is 0 Å². The number of aromatic amines is 1. The Balaban J connectivity index is 1.23. The monoisotopic (exact) mass is 573 g/mol. The highest BCUT2D eigenvalue weighted by atomic mass is 16.6. The number of nitrogens with zero attached hydrogens (tertiary/aromatic N) is 3. The number of nitrogens with one attached hydrogen (secondary N) is 2. The number of anilines is 1. The minimum absolute atomic E-state index is 0.0115. The van der Waals surface area contributed by atoms with Crippen molar-refractivity contribution in [1.29, 1.82) is 0 Å². The van der Waals surface area contributed by atoms with Crippen molar-refractivity contribution in [3.05, 3.63) is 66.5 Å². The lowest BCUT2D eigenvalue weighted by atomic mass is 10.0. The largest absolute Gasteiger partial charge is 0.476 e. The van der Waals surface area contributed by atoms with Gasteiger partial charge in [0.2, 0.25) is 0 Å². The van der Waals surface area contributed by atoms with Crippen LogP contribution in [0.15, 0.2) is 60.9 Å². The van der Waals surface area contributed by atoms with Gasteiger partial charge in [0, 0.05) is 55.2 Å². The first-order valence-corrected chi connectivity index (χ1v) is 14.9. The fourth-order valence-electron chi connectivity index (χ4n) is 5.34. The standard InChI is InChI=1S/C33H43N5O4/c1-32(2,3)42-30(39)33(4,5)41-28-13-8-12-27(18-28)37-17-9-11-25(22-37)36-31(40)38(26-15-16-26)21-23-10-6-7-14-29(23)24-19-34-35-20-24/h6-8,10,12-14,18-20,25-26H,9,11,15-17,21-22H2,1-5H3,(H,34,35)(H,36,40)/t25-/m1/s1. The molecule has 1 aromatic heterocycles. The second kappa shape index (κ2) is 12.1. The second-order valence-electron chi connectivity index (χ2n) is 12.8. The number of hydrogen-bond donors (Lipinski definition) is 2. The summed E-state index contributed by atoms with van der Waals surface area (Å²) in [7, 11) is 0. The molecular formula is C33H43N5O4. The molecule has 0 radical (unpaired) electrons. The molecule has 2 heterocycles. The Hall–Kier alpha value is -4.01. The number of benzene rings is 2. The summed E-state index contributed by atoms with van der Waals surface area (Å²) in [5, 5.41) is 10.3. The van der Waals surface area contributed by atoms with Crippen LogP contribution in [0.5, 0.6) is 5.75 Å². The van der Waals surface area contributed by atoms with E-state index in [0.29, 0.717) is 18.8 Å². The van der Waals surface area contributed by atoms with E-state index in [1.54, 1.807) is 13.8 Å². The van der Waals surface area contributed by atoms with Crippen molar-refractivity contribution in [3.8, 4) is 16.9 Å². The summed E-state index contributed by atoms with van der Waals surface area (Å²) in [6, 6.07) is 16.3. The average molecular weight is 574 g/mol. The number of urea groups is 1. The SMILES string of the molecule is CC(C)(C)OC(=O)C(C)(C)Oc1cccc(N2CCC[C@@H](NC(=O)N(Cc3ccccc3-c3cn[nH]c3)C3CC3)C2)c1. The lowest BCUT2D eigenvalue weighted by Gasteiger charge is -2.36. The van der Waals surface area contributed by atoms with Crippen molar-refractivity contribution in [3.63, 3.8) is 0 Å². The summed E-state index contributed by atoms with van der Waals surface area (Å²) in [5.41, 5.74) is 2.49. The van der Waals surface area contributed by atoms with E-state index in [2.05, 4.69) is 32.5 Å². The first-order valence-electron chi connectivity index (χ1n) is 14.9. The molecule has 1 saturated carbocycles. The van der Waals surface area contributed by atoms with Crippen LogP contribution in [-0.4, -0.2) is 63.5 Å². The van der Waals surface area contributed by atoms with Crippen molar-refractivity contribution >= 4 is 17.7 Å². The topological polar surface area (TPSA) is 99.8 Å². The molecule has 1 aliphatic heterocycles. The Morgan fingerprint density at radius 1 is 1.07 bits per heavy atom. The molecule has 0 bridgehead atoms. The number of hydrogen-bond acceptors (Lipinski definition) is 6. The third-order valence-corrected chi connectivity index (χ3v) is 7.61. The van der Waals surface area contributed by atoms with Crippen molar-refractivity contribution < 1.29 is 19.1 Å². The number of piperidine rings is 1. The molecule has 2 aliphatic rings. The van der Waals surface area contributed by atoms with E-state index in [1.165, 1.54) is 0 Å². The van der Waals surface area contributed by atoms with E-state index in [0.717, 1.165) is 54.6 Å². The normalized spacial score (nSPS) is 17.5. The highest BCUT2D eigenvalue weighted by Gasteiger charge is 2.36. The minimum atomic E-state index is -1.13. The van der Waals surface area contributed by atoms with E-state index in [1.807, 2.05) is 74.5 Å². The lowest BCUT2D eigenvalue weighted by molar-refractivity contribution is -0.170. The van der Waals surface area contributed by atoms with Crippen molar-refractivity contribution in [2.24, 2.45) is 0 Å². The van der Waals surface area contributed by atoms with Crippen LogP contribution in [0.3, 0.4) is 0 Å². The molecule has 3 aromatic rings. The maximum Gasteiger partial charge on any atom is 0.350 e. The highest BCUT2D eigenvalue weighted by Crippen LogP contribution is 2.32. The average Bonchev–Trinajstić information content (AvgIpc) is 3.63. The Labute approximate surface area is 248 Å². The van der Waals surface area contributed by atoms with E-state index >= 15 is 0 Å². The summed E-state index contributed by atoms with van der Waals surface area (Å²) < 4.78 is 11.7. The van der Waals surface area contributed by atoms with E-state index in [4.69, 9.17) is 9.47 Å². The van der Waals surface area contributed by atoms with Gasteiger partial charge in [0.1, 0.15) is 11.4 Å². The summed E-state index contributed by atoms with van der Waals surface area (Å²) in [5.74, 6) is 0.194. The summed E-state index contributed by atoms with van der Waals surface area (Å²) in [6.07, 6.45) is 7.65.